The molecule has 0 bridgehead atoms. The minimum atomic E-state index is -1.06. The number of hydrogen-bond acceptors (Lipinski definition) is 4. The highest BCUT2D eigenvalue weighted by molar-refractivity contribution is 9.10. The number of rotatable bonds is 3. The highest BCUT2D eigenvalue weighted by atomic mass is 79.9. The van der Waals surface area contributed by atoms with Crippen LogP contribution in [0.4, 0.5) is 0 Å². The molecule has 2 rings (SSSR count). The monoisotopic (exact) mass is 308 g/mol. The maximum Gasteiger partial charge on any atom is 0.328 e. The summed E-state index contributed by atoms with van der Waals surface area (Å²) < 4.78 is 6.32. The fourth-order valence-electron chi connectivity index (χ4n) is 1.42. The molecule has 1 heterocycles. The van der Waals surface area contributed by atoms with Crippen molar-refractivity contribution in [3.8, 4) is 11.5 Å². The number of aryl methyl sites for hydroxylation is 1. The Kier molecular flexibility index (Phi) is 3.57. The quantitative estimate of drug-likeness (QED) is 0.882. The minimum absolute atomic E-state index is 0.162. The molecule has 0 fully saturated rings. The summed E-state index contributed by atoms with van der Waals surface area (Å²) in [4.78, 5) is 10.4. The number of aromatic nitrogens is 2. The van der Waals surface area contributed by atoms with Gasteiger partial charge in [-0.05, 0) is 30.7 Å². The van der Waals surface area contributed by atoms with Crippen molar-refractivity contribution in [1.29, 1.82) is 0 Å². The lowest BCUT2D eigenvalue weighted by molar-refractivity contribution is -0.131. The van der Waals surface area contributed by atoms with Crippen molar-refractivity contribution in [1.82, 2.24) is 10.2 Å². The lowest BCUT2D eigenvalue weighted by atomic mass is 10.1. The van der Waals surface area contributed by atoms with Crippen molar-refractivity contribution in [2.75, 3.05) is 0 Å². The number of halogens is 1. The van der Waals surface area contributed by atoms with Crippen molar-refractivity contribution >= 4 is 28.0 Å². The van der Waals surface area contributed by atoms with Crippen LogP contribution in [0.2, 0.25) is 0 Å². The Labute approximate surface area is 111 Å². The van der Waals surface area contributed by atoms with E-state index in [4.69, 9.17) is 9.52 Å². The summed E-state index contributed by atoms with van der Waals surface area (Å²) in [5, 5.41) is 16.1. The van der Waals surface area contributed by atoms with E-state index in [0.717, 1.165) is 21.7 Å². The first-order valence-corrected chi connectivity index (χ1v) is 5.86. The van der Waals surface area contributed by atoms with Crippen molar-refractivity contribution in [2.45, 2.75) is 6.92 Å². The van der Waals surface area contributed by atoms with Gasteiger partial charge in [0.25, 0.3) is 0 Å². The molecule has 0 spiro atoms. The van der Waals surface area contributed by atoms with Crippen LogP contribution < -0.4 is 0 Å². The van der Waals surface area contributed by atoms with Gasteiger partial charge >= 0.3 is 5.97 Å². The summed E-state index contributed by atoms with van der Waals surface area (Å²) in [6, 6.07) is 5.67. The number of hydrogen-bond donors (Lipinski definition) is 1. The molecular weight excluding hydrogens is 300 g/mol. The van der Waals surface area contributed by atoms with Gasteiger partial charge in [0.2, 0.25) is 11.8 Å². The van der Waals surface area contributed by atoms with Crippen LogP contribution in [0, 0.1) is 6.92 Å². The highest BCUT2D eigenvalue weighted by Gasteiger charge is 2.09. The molecule has 0 radical (unpaired) electrons. The Morgan fingerprint density at radius 2 is 2.22 bits per heavy atom. The van der Waals surface area contributed by atoms with Gasteiger partial charge in [0, 0.05) is 22.2 Å². The van der Waals surface area contributed by atoms with Crippen LogP contribution in [0.5, 0.6) is 0 Å². The van der Waals surface area contributed by atoms with Crippen molar-refractivity contribution < 1.29 is 14.3 Å². The van der Waals surface area contributed by atoms with Gasteiger partial charge in [-0.1, -0.05) is 15.9 Å². The molecule has 92 valence electrons. The van der Waals surface area contributed by atoms with E-state index in [1.54, 1.807) is 0 Å². The molecule has 6 heteroatoms. The largest absolute Gasteiger partial charge is 0.478 e. The molecule has 0 atom stereocenters. The van der Waals surface area contributed by atoms with E-state index in [1.807, 2.05) is 25.1 Å². The molecule has 0 aliphatic carbocycles. The second-order valence-corrected chi connectivity index (χ2v) is 4.49. The van der Waals surface area contributed by atoms with Crippen LogP contribution in [-0.4, -0.2) is 21.3 Å². The predicted molar refractivity (Wildman–Crippen MR) is 68.8 cm³/mol. The fraction of sp³-hybridized carbons (Fsp3) is 0.0833. The van der Waals surface area contributed by atoms with Crippen LogP contribution in [0.3, 0.4) is 0 Å². The van der Waals surface area contributed by atoms with Gasteiger partial charge < -0.3 is 9.52 Å². The third kappa shape index (κ3) is 2.84. The molecule has 0 aliphatic rings. The average molecular weight is 309 g/mol. The van der Waals surface area contributed by atoms with E-state index < -0.39 is 5.97 Å². The standard InChI is InChI=1S/C12H9BrN2O3/c1-7-6-8(13)2-3-9(7)12-15-14-10(18-12)4-5-11(16)17/h2-6H,1H3,(H,16,17)/b5-4+. The zero-order valence-corrected chi connectivity index (χ0v) is 11.0. The highest BCUT2D eigenvalue weighted by Crippen LogP contribution is 2.25. The topological polar surface area (TPSA) is 76.2 Å². The molecule has 2 aromatic rings. The minimum Gasteiger partial charge on any atom is -0.478 e. The van der Waals surface area contributed by atoms with Crippen LogP contribution in [-0.2, 0) is 4.79 Å². The van der Waals surface area contributed by atoms with Crippen LogP contribution in [0.15, 0.2) is 33.2 Å². The first-order chi connectivity index (χ1) is 8.56. The zero-order valence-electron chi connectivity index (χ0n) is 9.42. The summed E-state index contributed by atoms with van der Waals surface area (Å²) in [6.45, 7) is 1.93. The van der Waals surface area contributed by atoms with Crippen LogP contribution in [0.25, 0.3) is 17.5 Å². The number of aliphatic carboxylic acids is 1. The lowest BCUT2D eigenvalue weighted by Crippen LogP contribution is -1.85. The van der Waals surface area contributed by atoms with E-state index in [2.05, 4.69) is 26.1 Å². The van der Waals surface area contributed by atoms with E-state index in [1.165, 1.54) is 6.08 Å². The first kappa shape index (κ1) is 12.5. The Balaban J connectivity index is 2.32. The summed E-state index contributed by atoms with van der Waals surface area (Å²) in [5.41, 5.74) is 1.81. The maximum absolute atomic E-state index is 10.4. The van der Waals surface area contributed by atoms with Gasteiger partial charge in [-0.15, -0.1) is 10.2 Å². The summed E-state index contributed by atoms with van der Waals surface area (Å²) in [6.07, 6.45) is 2.21. The zero-order chi connectivity index (χ0) is 13.1. The van der Waals surface area contributed by atoms with E-state index in [-0.39, 0.29) is 5.89 Å². The smallest absolute Gasteiger partial charge is 0.328 e. The van der Waals surface area contributed by atoms with Gasteiger partial charge in [0.05, 0.1) is 0 Å². The van der Waals surface area contributed by atoms with Crippen LogP contribution in [0.1, 0.15) is 11.5 Å². The molecule has 0 saturated heterocycles. The molecule has 0 aliphatic heterocycles. The molecule has 0 saturated carbocycles. The van der Waals surface area contributed by atoms with Crippen molar-refractivity contribution in [3.05, 3.63) is 40.2 Å². The predicted octanol–water partition coefficient (Wildman–Crippen LogP) is 2.91. The molecular formula is C12H9BrN2O3. The molecule has 0 unspecified atom stereocenters. The third-order valence-electron chi connectivity index (χ3n) is 2.23. The SMILES string of the molecule is Cc1cc(Br)ccc1-c1nnc(/C=C/C(=O)O)o1. The van der Waals surface area contributed by atoms with Crippen molar-refractivity contribution in [3.63, 3.8) is 0 Å². The van der Waals surface area contributed by atoms with Crippen LogP contribution >= 0.6 is 15.9 Å². The maximum atomic E-state index is 10.4. The fourth-order valence-corrected chi connectivity index (χ4v) is 1.90. The van der Waals surface area contributed by atoms with Gasteiger partial charge in [0.15, 0.2) is 0 Å². The van der Waals surface area contributed by atoms with E-state index in [9.17, 15) is 4.79 Å². The van der Waals surface area contributed by atoms with Gasteiger partial charge in [-0.2, -0.15) is 0 Å². The first-order valence-electron chi connectivity index (χ1n) is 5.07. The summed E-state index contributed by atoms with van der Waals surface area (Å²) >= 11 is 3.37. The Morgan fingerprint density at radius 3 is 2.89 bits per heavy atom. The molecule has 18 heavy (non-hydrogen) atoms. The molecule has 1 aromatic heterocycles. The molecule has 1 aromatic carbocycles. The Hall–Kier alpha value is -1.95. The Morgan fingerprint density at radius 1 is 1.44 bits per heavy atom. The second kappa shape index (κ2) is 5.14. The normalized spacial score (nSPS) is 11.0. The summed E-state index contributed by atoms with van der Waals surface area (Å²) in [7, 11) is 0. The number of carboxylic acids is 1. The van der Waals surface area contributed by atoms with Gasteiger partial charge in [0.1, 0.15) is 0 Å². The van der Waals surface area contributed by atoms with Crippen molar-refractivity contribution in [2.24, 2.45) is 0 Å². The number of benzene rings is 1. The number of nitrogens with zero attached hydrogens (tertiary/aromatic N) is 2. The summed E-state index contributed by atoms with van der Waals surface area (Å²) in [5.74, 6) is -0.533. The molecule has 0 amide bonds. The van der Waals surface area contributed by atoms with Gasteiger partial charge in [-0.3, -0.25) is 0 Å². The van der Waals surface area contributed by atoms with E-state index >= 15 is 0 Å². The van der Waals surface area contributed by atoms with Gasteiger partial charge in [-0.25, -0.2) is 4.79 Å². The number of carbonyl (C=O) groups is 1. The lowest BCUT2D eigenvalue weighted by Gasteiger charge is -2.00. The third-order valence-corrected chi connectivity index (χ3v) is 2.72. The number of carboxylic acid groups (broad SMARTS) is 1. The molecule has 5 nitrogen and oxygen atoms in total. The Bertz CT molecular complexity index is 620. The average Bonchev–Trinajstić information content (AvgIpc) is 2.75. The second-order valence-electron chi connectivity index (χ2n) is 3.58. The van der Waals surface area contributed by atoms with E-state index in [0.29, 0.717) is 5.89 Å². The molecule has 1 N–H and O–H groups in total.